The Hall–Kier alpha value is -2.39. The topological polar surface area (TPSA) is 18.5 Å². The molecule has 0 fully saturated rings. The third-order valence-electron chi connectivity index (χ3n) is 3.61. The minimum absolute atomic E-state index is 0.786. The number of fused-ring (bicyclic) bond motifs is 2. The Bertz CT molecular complexity index is 818. The zero-order chi connectivity index (χ0) is 14.9. The van der Waals surface area contributed by atoms with Gasteiger partial charge in [-0.05, 0) is 53.6 Å². The molecule has 0 radical (unpaired) electrons. The van der Waals surface area contributed by atoms with Crippen LogP contribution in [-0.2, 0) is 6.42 Å². The maximum atomic E-state index is 5.94. The number of rotatable bonds is 2. The second-order valence-corrected chi connectivity index (χ2v) is 6.13. The van der Waals surface area contributed by atoms with Crippen molar-refractivity contribution in [2.24, 2.45) is 0 Å². The summed E-state index contributed by atoms with van der Waals surface area (Å²) in [5.41, 5.74) is 3.21. The molecule has 2 aromatic rings. The average Bonchev–Trinajstić information content (AvgIpc) is 2.55. The fraction of sp³-hybridized carbons (Fsp3) is 0.0526. The van der Waals surface area contributed by atoms with Crippen molar-refractivity contribution < 1.29 is 9.47 Å². The van der Waals surface area contributed by atoms with Crippen LogP contribution in [0.2, 0.25) is 0 Å². The van der Waals surface area contributed by atoms with Crippen molar-refractivity contribution in [3.63, 3.8) is 0 Å². The van der Waals surface area contributed by atoms with E-state index in [-0.39, 0.29) is 0 Å². The zero-order valence-corrected chi connectivity index (χ0v) is 12.7. The first-order valence-electron chi connectivity index (χ1n) is 7.11. The molecule has 0 bridgehead atoms. The van der Waals surface area contributed by atoms with Crippen LogP contribution in [0.5, 0.6) is 11.5 Å². The summed E-state index contributed by atoms with van der Waals surface area (Å²) in [6.45, 7) is 4.10. The number of hydrogen-bond acceptors (Lipinski definition) is 3. The molecule has 2 heterocycles. The maximum Gasteiger partial charge on any atom is 0.169 e. The minimum Gasteiger partial charge on any atom is -0.450 e. The molecule has 4 rings (SSSR count). The summed E-state index contributed by atoms with van der Waals surface area (Å²) in [4.78, 5) is 0. The Kier molecular flexibility index (Phi) is 3.28. The SMILES string of the molecule is C=C1C=C(SC2=CCc3ccccc3O2)Oc2ccccc21. The van der Waals surface area contributed by atoms with Crippen molar-refractivity contribution in [1.29, 1.82) is 0 Å². The van der Waals surface area contributed by atoms with E-state index in [0.29, 0.717) is 0 Å². The molecule has 0 atom stereocenters. The first kappa shape index (κ1) is 13.3. The summed E-state index contributed by atoms with van der Waals surface area (Å²) in [5.74, 6) is 1.76. The predicted octanol–water partition coefficient (Wildman–Crippen LogP) is 5.14. The molecule has 0 aromatic heterocycles. The summed E-state index contributed by atoms with van der Waals surface area (Å²) in [6.07, 6.45) is 4.92. The molecule has 0 amide bonds. The zero-order valence-electron chi connectivity index (χ0n) is 11.9. The van der Waals surface area contributed by atoms with E-state index in [9.17, 15) is 0 Å². The van der Waals surface area contributed by atoms with Gasteiger partial charge in [0, 0.05) is 5.56 Å². The minimum atomic E-state index is 0.786. The van der Waals surface area contributed by atoms with Gasteiger partial charge in [0.2, 0.25) is 0 Å². The van der Waals surface area contributed by atoms with Gasteiger partial charge in [0.05, 0.1) is 0 Å². The molecule has 2 nitrogen and oxygen atoms in total. The number of hydrogen-bond donors (Lipinski definition) is 0. The van der Waals surface area contributed by atoms with Crippen molar-refractivity contribution in [2.75, 3.05) is 0 Å². The van der Waals surface area contributed by atoms with Crippen LogP contribution in [0.15, 0.2) is 77.4 Å². The van der Waals surface area contributed by atoms with Crippen LogP contribution in [0.4, 0.5) is 0 Å². The smallest absolute Gasteiger partial charge is 0.169 e. The molecular formula is C19H14O2S. The van der Waals surface area contributed by atoms with Gasteiger partial charge in [0.25, 0.3) is 0 Å². The number of benzene rings is 2. The van der Waals surface area contributed by atoms with Crippen LogP contribution >= 0.6 is 11.8 Å². The Balaban J connectivity index is 1.54. The van der Waals surface area contributed by atoms with E-state index in [2.05, 4.69) is 18.7 Å². The van der Waals surface area contributed by atoms with Crippen molar-refractivity contribution in [3.8, 4) is 11.5 Å². The molecular weight excluding hydrogens is 292 g/mol. The first-order chi connectivity index (χ1) is 10.8. The molecule has 0 N–H and O–H groups in total. The molecule has 2 aromatic carbocycles. The molecule has 22 heavy (non-hydrogen) atoms. The van der Waals surface area contributed by atoms with Crippen LogP contribution in [0, 0.1) is 0 Å². The Morgan fingerprint density at radius 2 is 1.59 bits per heavy atom. The fourth-order valence-electron chi connectivity index (χ4n) is 2.51. The van der Waals surface area contributed by atoms with E-state index in [1.54, 1.807) is 0 Å². The lowest BCUT2D eigenvalue weighted by Crippen LogP contribution is -2.06. The summed E-state index contributed by atoms with van der Waals surface area (Å²) in [6, 6.07) is 16.0. The largest absolute Gasteiger partial charge is 0.450 e. The first-order valence-corrected chi connectivity index (χ1v) is 7.93. The van der Waals surface area contributed by atoms with Gasteiger partial charge in [0.1, 0.15) is 11.5 Å². The number of thioether (sulfide) groups is 1. The third-order valence-corrected chi connectivity index (χ3v) is 4.46. The lowest BCUT2D eigenvalue weighted by Gasteiger charge is -2.21. The van der Waals surface area contributed by atoms with Crippen molar-refractivity contribution >= 4 is 17.3 Å². The quantitative estimate of drug-likeness (QED) is 0.765. The van der Waals surface area contributed by atoms with Crippen LogP contribution in [0.25, 0.3) is 5.57 Å². The highest BCUT2D eigenvalue weighted by molar-refractivity contribution is 8.06. The van der Waals surface area contributed by atoms with Gasteiger partial charge in [-0.3, -0.25) is 0 Å². The molecule has 0 aliphatic carbocycles. The van der Waals surface area contributed by atoms with E-state index in [0.717, 1.165) is 39.2 Å². The predicted molar refractivity (Wildman–Crippen MR) is 90.6 cm³/mol. The number of allylic oxidation sites excluding steroid dienone is 3. The Morgan fingerprint density at radius 3 is 2.50 bits per heavy atom. The monoisotopic (exact) mass is 306 g/mol. The van der Waals surface area contributed by atoms with Crippen molar-refractivity contribution in [1.82, 2.24) is 0 Å². The van der Waals surface area contributed by atoms with Gasteiger partial charge in [-0.25, -0.2) is 0 Å². The maximum absolute atomic E-state index is 5.94. The van der Waals surface area contributed by atoms with Gasteiger partial charge in [-0.2, -0.15) is 0 Å². The highest BCUT2D eigenvalue weighted by Crippen LogP contribution is 2.40. The standard InChI is InChI=1S/C19H14O2S/c1-13-12-19(21-17-9-5-3-7-15(13)17)22-18-11-10-14-6-2-4-8-16(14)20-18/h2-9,11-12H,1,10H2. The molecule has 0 unspecified atom stereocenters. The summed E-state index contributed by atoms with van der Waals surface area (Å²) in [5, 5.41) is 1.63. The van der Waals surface area contributed by atoms with Gasteiger partial charge < -0.3 is 9.47 Å². The highest BCUT2D eigenvalue weighted by Gasteiger charge is 2.19. The highest BCUT2D eigenvalue weighted by atomic mass is 32.2. The molecule has 0 saturated carbocycles. The van der Waals surface area contributed by atoms with Crippen LogP contribution in [0.1, 0.15) is 11.1 Å². The summed E-state index contributed by atoms with van der Waals surface area (Å²) in [7, 11) is 0. The fourth-order valence-corrected chi connectivity index (χ4v) is 3.34. The Morgan fingerprint density at radius 1 is 0.864 bits per heavy atom. The van der Waals surface area contributed by atoms with E-state index in [1.165, 1.54) is 17.3 Å². The second kappa shape index (κ2) is 5.43. The van der Waals surface area contributed by atoms with Gasteiger partial charge >= 0.3 is 0 Å². The molecule has 0 saturated heterocycles. The summed E-state index contributed by atoms with van der Waals surface area (Å²) >= 11 is 1.49. The lowest BCUT2D eigenvalue weighted by atomic mass is 10.1. The molecule has 2 aliphatic rings. The van der Waals surface area contributed by atoms with Gasteiger partial charge in [-0.15, -0.1) is 0 Å². The van der Waals surface area contributed by atoms with E-state index < -0.39 is 0 Å². The number of ether oxygens (including phenoxy) is 2. The van der Waals surface area contributed by atoms with Crippen molar-refractivity contribution in [3.05, 3.63) is 88.6 Å². The number of para-hydroxylation sites is 2. The third kappa shape index (κ3) is 2.44. The van der Waals surface area contributed by atoms with Crippen LogP contribution < -0.4 is 9.47 Å². The van der Waals surface area contributed by atoms with E-state index in [1.807, 2.05) is 48.5 Å². The summed E-state index contributed by atoms with van der Waals surface area (Å²) < 4.78 is 11.9. The van der Waals surface area contributed by atoms with Gasteiger partial charge in [-0.1, -0.05) is 43.0 Å². The second-order valence-electron chi connectivity index (χ2n) is 5.13. The molecule has 3 heteroatoms. The molecule has 0 spiro atoms. The van der Waals surface area contributed by atoms with Crippen LogP contribution in [-0.4, -0.2) is 0 Å². The van der Waals surface area contributed by atoms with E-state index >= 15 is 0 Å². The average molecular weight is 306 g/mol. The Labute approximate surface area is 133 Å². The normalized spacial score (nSPS) is 15.7. The molecule has 108 valence electrons. The van der Waals surface area contributed by atoms with Gasteiger partial charge in [0.15, 0.2) is 10.2 Å². The van der Waals surface area contributed by atoms with E-state index in [4.69, 9.17) is 9.47 Å². The molecule has 2 aliphatic heterocycles. The lowest BCUT2D eigenvalue weighted by molar-refractivity contribution is 0.440. The van der Waals surface area contributed by atoms with Crippen LogP contribution in [0.3, 0.4) is 0 Å². The van der Waals surface area contributed by atoms with Crippen molar-refractivity contribution in [2.45, 2.75) is 6.42 Å².